The molecule has 4 amide bonds. The van der Waals surface area contributed by atoms with Crippen LogP contribution in [0.3, 0.4) is 0 Å². The molecule has 4 aliphatic rings. The minimum absolute atomic E-state index is 0.0523. The zero-order valence-electron chi connectivity index (χ0n) is 40.1. The Morgan fingerprint density at radius 1 is 0.925 bits per heavy atom. The number of aromatic amines is 2. The predicted molar refractivity (Wildman–Crippen MR) is 259 cm³/mol. The maximum atomic E-state index is 15.1. The number of carbonyl (C=O) groups is 4. The highest BCUT2D eigenvalue weighted by Gasteiger charge is 2.41. The molecule has 0 aromatic carbocycles. The second-order valence-electron chi connectivity index (χ2n) is 17.6. The summed E-state index contributed by atoms with van der Waals surface area (Å²) in [5.41, 5.74) is 16.5. The maximum absolute atomic E-state index is 15.1. The van der Waals surface area contributed by atoms with E-state index in [1.54, 1.807) is 19.1 Å². The highest BCUT2D eigenvalue weighted by atomic mass is 16.5. The first-order chi connectivity index (χ1) is 32.4. The minimum Gasteiger partial charge on any atom is -0.382 e. The van der Waals surface area contributed by atoms with E-state index in [0.717, 1.165) is 50.4 Å². The van der Waals surface area contributed by atoms with E-state index >= 15 is 4.79 Å². The quantitative estimate of drug-likeness (QED) is 0.0664. The van der Waals surface area contributed by atoms with Gasteiger partial charge in [-0.25, -0.2) is 4.98 Å². The SMILES string of the molecule is CCC1=C(C)c2cc3[nH]c(cc4nc(c5c6[nH]c(cc1n2)c(C)c6C(=O)N(CCN1CCOCC1)C5=O)[C@@H](CCC(=O)N(C)CCN)[C@@H]4C)c(C)c3/C=C/C(=O)NCCOCCOCCOC. The molecule has 17 heteroatoms. The third-order valence-corrected chi connectivity index (χ3v) is 13.4. The Kier molecular flexibility index (Phi) is 16.6. The van der Waals surface area contributed by atoms with E-state index in [2.05, 4.69) is 41.0 Å². The van der Waals surface area contributed by atoms with Crippen LogP contribution in [-0.4, -0.2) is 164 Å². The largest absolute Gasteiger partial charge is 0.382 e. The zero-order valence-corrected chi connectivity index (χ0v) is 40.1. The van der Waals surface area contributed by atoms with E-state index in [1.165, 1.54) is 11.0 Å². The number of nitrogens with zero attached hydrogens (tertiary/aromatic N) is 5. The van der Waals surface area contributed by atoms with Crippen LogP contribution in [0.5, 0.6) is 0 Å². The van der Waals surface area contributed by atoms with Gasteiger partial charge < -0.3 is 44.9 Å². The highest BCUT2D eigenvalue weighted by Crippen LogP contribution is 2.44. The first-order valence-corrected chi connectivity index (χ1v) is 23.6. The maximum Gasteiger partial charge on any atom is 0.264 e. The summed E-state index contributed by atoms with van der Waals surface area (Å²) in [6.07, 6.45) is 4.66. The lowest BCUT2D eigenvalue weighted by Crippen LogP contribution is -2.47. The molecule has 0 radical (unpaired) electrons. The average molecular weight is 922 g/mol. The predicted octanol–water partition coefficient (Wildman–Crippen LogP) is 5.09. The van der Waals surface area contributed by atoms with E-state index in [0.29, 0.717) is 132 Å². The Hall–Kier alpha value is -5.56. The molecule has 5 N–H and O–H groups in total. The normalized spacial score (nSPS) is 17.6. The van der Waals surface area contributed by atoms with Gasteiger partial charge in [0, 0.05) is 112 Å². The molecule has 4 aliphatic heterocycles. The number of ether oxygens (including phenoxy) is 4. The molecule has 8 bridgehead atoms. The Bertz CT molecular complexity index is 2570. The van der Waals surface area contributed by atoms with Crippen molar-refractivity contribution in [2.24, 2.45) is 5.73 Å². The lowest BCUT2D eigenvalue weighted by atomic mass is 9.84. The molecule has 17 nitrogen and oxygen atoms in total. The third kappa shape index (κ3) is 10.9. The second-order valence-corrected chi connectivity index (χ2v) is 17.6. The topological polar surface area (TPSA) is 210 Å². The van der Waals surface area contributed by atoms with Crippen LogP contribution in [0.15, 0.2) is 24.3 Å². The van der Waals surface area contributed by atoms with Gasteiger partial charge in [-0.3, -0.25) is 34.0 Å². The molecule has 0 aliphatic carbocycles. The standard InChI is InChI=1S/C50H67N9O8/c1-8-34-30(2)38-28-42-35(9-11-43(60)52-14-20-65-25-26-67-24-23-64-7)31(3)37(54-42)27-39-32(4)36(10-12-44(61)57(6)15-13-51)47(55-39)46-48-45(33(5)40(56-48)29-41(34)53-38)49(62)59(50(46)63)17-16-58-18-21-66-22-19-58/h9,11,27-29,32,36,54,56H,8,10,12-26,51H2,1-7H3,(H,52,60)/b11-9+,37-27?,38-28?,39-27?,40-29?,41-29?,42-28?,47-46?/t32-,36-/m0/s1. The molecular weight excluding hydrogens is 855 g/mol. The van der Waals surface area contributed by atoms with Gasteiger partial charge in [0.05, 0.1) is 80.0 Å². The van der Waals surface area contributed by atoms with Crippen molar-refractivity contribution in [2.75, 3.05) is 106 Å². The summed E-state index contributed by atoms with van der Waals surface area (Å²) in [6.45, 7) is 16.8. The number of imide groups is 1. The summed E-state index contributed by atoms with van der Waals surface area (Å²) < 4.78 is 21.6. The number of fused-ring (bicyclic) bond motifs is 8. The number of methoxy groups -OCH3 is 1. The van der Waals surface area contributed by atoms with Crippen LogP contribution in [0.25, 0.3) is 39.3 Å². The number of hydrogen-bond donors (Lipinski definition) is 4. The number of allylic oxidation sites excluding steroid dienone is 2. The van der Waals surface area contributed by atoms with E-state index in [1.807, 2.05) is 38.1 Å². The number of nitrogens with one attached hydrogen (secondary N) is 3. The first-order valence-electron chi connectivity index (χ1n) is 23.6. The molecule has 3 aromatic rings. The zero-order chi connectivity index (χ0) is 47.8. The van der Waals surface area contributed by atoms with Gasteiger partial charge in [-0.05, 0) is 80.2 Å². The molecule has 0 unspecified atom stereocenters. The number of carbonyl (C=O) groups excluding carboxylic acids is 4. The summed E-state index contributed by atoms with van der Waals surface area (Å²) >= 11 is 0. The number of amides is 4. The van der Waals surface area contributed by atoms with Crippen LogP contribution in [-0.2, 0) is 28.5 Å². The van der Waals surface area contributed by atoms with Gasteiger partial charge in [0.1, 0.15) is 0 Å². The first kappa shape index (κ1) is 49.3. The summed E-state index contributed by atoms with van der Waals surface area (Å²) in [5, 5.41) is 2.90. The molecule has 0 saturated carbocycles. The Morgan fingerprint density at radius 2 is 1.63 bits per heavy atom. The van der Waals surface area contributed by atoms with E-state index in [-0.39, 0.29) is 42.5 Å². The van der Waals surface area contributed by atoms with Crippen LogP contribution in [0.2, 0.25) is 0 Å². The van der Waals surface area contributed by atoms with Crippen molar-refractivity contribution in [3.8, 4) is 0 Å². The van der Waals surface area contributed by atoms with Gasteiger partial charge >= 0.3 is 0 Å². The molecule has 67 heavy (non-hydrogen) atoms. The molecule has 2 atom stereocenters. The highest BCUT2D eigenvalue weighted by molar-refractivity contribution is 6.23. The number of H-pyrrole nitrogens is 2. The number of nitrogens with two attached hydrogens (primary N) is 1. The van der Waals surface area contributed by atoms with Crippen molar-refractivity contribution < 1.29 is 38.1 Å². The van der Waals surface area contributed by atoms with Crippen molar-refractivity contribution >= 4 is 62.9 Å². The third-order valence-electron chi connectivity index (χ3n) is 13.4. The fourth-order valence-corrected chi connectivity index (χ4v) is 9.35. The van der Waals surface area contributed by atoms with Gasteiger partial charge in [-0.2, -0.15) is 0 Å². The van der Waals surface area contributed by atoms with Gasteiger partial charge in [-0.15, -0.1) is 0 Å². The molecule has 7 heterocycles. The van der Waals surface area contributed by atoms with Crippen LogP contribution in [0.1, 0.15) is 112 Å². The van der Waals surface area contributed by atoms with Gasteiger partial charge in [0.2, 0.25) is 11.8 Å². The van der Waals surface area contributed by atoms with Crippen LogP contribution in [0.4, 0.5) is 0 Å². The van der Waals surface area contributed by atoms with Crippen molar-refractivity contribution in [3.05, 3.63) is 74.9 Å². The molecular formula is C50H67N9O8. The summed E-state index contributed by atoms with van der Waals surface area (Å²) in [5.74, 6) is -1.66. The molecule has 3 aromatic heterocycles. The van der Waals surface area contributed by atoms with E-state index in [4.69, 9.17) is 34.6 Å². The second kappa shape index (κ2) is 22.5. The molecule has 360 valence electrons. The summed E-state index contributed by atoms with van der Waals surface area (Å²) in [4.78, 5) is 79.2. The number of hydrogen-bond acceptors (Lipinski definition) is 12. The van der Waals surface area contributed by atoms with E-state index in [9.17, 15) is 14.4 Å². The van der Waals surface area contributed by atoms with Crippen molar-refractivity contribution in [3.63, 3.8) is 0 Å². The lowest BCUT2D eigenvalue weighted by molar-refractivity contribution is -0.130. The fraction of sp³-hybridized carbons (Fsp3) is 0.520. The number of aryl methyl sites for hydroxylation is 2. The minimum atomic E-state index is -0.417. The molecule has 0 spiro atoms. The summed E-state index contributed by atoms with van der Waals surface area (Å²) in [7, 11) is 3.37. The van der Waals surface area contributed by atoms with Gasteiger partial charge in [0.25, 0.3) is 11.8 Å². The van der Waals surface area contributed by atoms with Crippen LogP contribution < -0.4 is 11.1 Å². The lowest BCUT2D eigenvalue weighted by Gasteiger charge is -2.31. The fourth-order valence-electron chi connectivity index (χ4n) is 9.35. The Labute approximate surface area is 392 Å². The Morgan fingerprint density at radius 3 is 2.36 bits per heavy atom. The number of aromatic nitrogens is 4. The van der Waals surface area contributed by atoms with Gasteiger partial charge in [-0.1, -0.05) is 13.8 Å². The van der Waals surface area contributed by atoms with Crippen molar-refractivity contribution in [1.82, 2.24) is 40.0 Å². The number of likely N-dealkylation sites (N-methyl/N-ethyl adjacent to an activating group) is 1. The van der Waals surface area contributed by atoms with Crippen LogP contribution in [0, 0.1) is 13.8 Å². The summed E-state index contributed by atoms with van der Waals surface area (Å²) in [6, 6.07) is 5.99. The van der Waals surface area contributed by atoms with Crippen molar-refractivity contribution in [2.45, 2.75) is 65.7 Å². The van der Waals surface area contributed by atoms with Crippen molar-refractivity contribution in [1.29, 1.82) is 0 Å². The molecule has 1 fully saturated rings. The van der Waals surface area contributed by atoms with Gasteiger partial charge in [0.15, 0.2) is 0 Å². The number of rotatable bonds is 20. The smallest absolute Gasteiger partial charge is 0.264 e. The Balaban J connectivity index is 1.37. The number of morpholine rings is 1. The monoisotopic (exact) mass is 922 g/mol. The average Bonchev–Trinajstić information content (AvgIpc) is 4.00. The molecule has 1 saturated heterocycles. The van der Waals surface area contributed by atoms with E-state index < -0.39 is 5.91 Å². The molecule has 7 rings (SSSR count). The van der Waals surface area contributed by atoms with Crippen LogP contribution >= 0.6 is 0 Å².